The molecule has 0 aliphatic heterocycles. The minimum absolute atomic E-state index is 0.0434. The normalized spacial score (nSPS) is 10.1. The van der Waals surface area contributed by atoms with Gasteiger partial charge in [-0.1, -0.05) is 0 Å². The van der Waals surface area contributed by atoms with Crippen molar-refractivity contribution in [3.8, 4) is 0 Å². The average molecular weight is 201 g/mol. The van der Waals surface area contributed by atoms with Crippen LogP contribution in [0.3, 0.4) is 0 Å². The van der Waals surface area contributed by atoms with Crippen LogP contribution in [0.5, 0.6) is 0 Å². The number of hydrogen-bond donors (Lipinski definition) is 0. The van der Waals surface area contributed by atoms with E-state index in [0.717, 1.165) is 0 Å². The maximum absolute atomic E-state index is 12.8. The molecule has 13 heavy (non-hydrogen) atoms. The number of Topliss-reactive ketones (excluding diaryl/α,β-unsaturated/α-hetero) is 1. The van der Waals surface area contributed by atoms with E-state index in [-0.39, 0.29) is 11.6 Å². The number of hydrogen-bond acceptors (Lipinski definition) is 1. The van der Waals surface area contributed by atoms with Crippen molar-refractivity contribution in [2.75, 3.05) is 5.88 Å². The predicted octanol–water partition coefficient (Wildman–Crippen LogP) is 2.95. The van der Waals surface area contributed by atoms with Crippen LogP contribution in [0, 0.1) is 12.7 Å². The first-order chi connectivity index (χ1) is 6.15. The maximum Gasteiger partial charge on any atom is 0.164 e. The molecule has 0 atom stereocenters. The number of rotatable bonds is 3. The van der Waals surface area contributed by atoms with Gasteiger partial charge in [-0.05, 0) is 30.7 Å². The van der Waals surface area contributed by atoms with Crippen molar-refractivity contribution in [3.05, 3.63) is 35.1 Å². The lowest BCUT2D eigenvalue weighted by molar-refractivity contribution is 0.0989. The van der Waals surface area contributed by atoms with E-state index in [4.69, 9.17) is 11.6 Å². The van der Waals surface area contributed by atoms with E-state index in [1.54, 1.807) is 13.0 Å². The summed E-state index contributed by atoms with van der Waals surface area (Å²) in [6.07, 6.45) is 0.298. The monoisotopic (exact) mass is 200 g/mol. The van der Waals surface area contributed by atoms with Gasteiger partial charge in [0.1, 0.15) is 5.82 Å². The van der Waals surface area contributed by atoms with Gasteiger partial charge in [-0.2, -0.15) is 0 Å². The average Bonchev–Trinajstić information content (AvgIpc) is 2.10. The van der Waals surface area contributed by atoms with Crippen LogP contribution in [0.1, 0.15) is 22.3 Å². The molecule has 0 fully saturated rings. The zero-order valence-electron chi connectivity index (χ0n) is 7.31. The molecule has 0 bridgehead atoms. The van der Waals surface area contributed by atoms with Gasteiger partial charge in [-0.25, -0.2) is 4.39 Å². The fraction of sp³-hybridized carbons (Fsp3) is 0.300. The minimum Gasteiger partial charge on any atom is -0.294 e. The lowest BCUT2D eigenvalue weighted by atomic mass is 10.1. The fourth-order valence-electron chi connectivity index (χ4n) is 1.05. The zero-order valence-corrected chi connectivity index (χ0v) is 8.07. The van der Waals surface area contributed by atoms with Crippen molar-refractivity contribution >= 4 is 17.4 Å². The van der Waals surface area contributed by atoms with Crippen molar-refractivity contribution in [2.45, 2.75) is 13.3 Å². The Kier molecular flexibility index (Phi) is 3.43. The van der Waals surface area contributed by atoms with E-state index >= 15 is 0 Å². The first kappa shape index (κ1) is 10.2. The third-order valence-electron chi connectivity index (χ3n) is 1.80. The second-order valence-electron chi connectivity index (χ2n) is 2.83. The van der Waals surface area contributed by atoms with Gasteiger partial charge in [0.2, 0.25) is 0 Å². The van der Waals surface area contributed by atoms with Gasteiger partial charge in [0.25, 0.3) is 0 Å². The molecule has 1 rings (SSSR count). The number of alkyl halides is 1. The van der Waals surface area contributed by atoms with Crippen LogP contribution in [-0.4, -0.2) is 11.7 Å². The third-order valence-corrected chi connectivity index (χ3v) is 1.99. The second-order valence-corrected chi connectivity index (χ2v) is 3.20. The topological polar surface area (TPSA) is 17.1 Å². The lowest BCUT2D eigenvalue weighted by Gasteiger charge is -2.00. The summed E-state index contributed by atoms with van der Waals surface area (Å²) in [7, 11) is 0. The summed E-state index contributed by atoms with van der Waals surface area (Å²) in [6, 6.07) is 4.33. The lowest BCUT2D eigenvalue weighted by Crippen LogP contribution is -2.00. The van der Waals surface area contributed by atoms with Crippen molar-refractivity contribution in [1.29, 1.82) is 0 Å². The highest BCUT2D eigenvalue weighted by Gasteiger charge is 2.06. The van der Waals surface area contributed by atoms with Crippen LogP contribution in [0.25, 0.3) is 0 Å². The molecule has 1 aromatic rings. The smallest absolute Gasteiger partial charge is 0.164 e. The van der Waals surface area contributed by atoms with Crippen molar-refractivity contribution in [2.24, 2.45) is 0 Å². The number of carbonyl (C=O) groups is 1. The summed E-state index contributed by atoms with van der Waals surface area (Å²) in [4.78, 5) is 11.3. The van der Waals surface area contributed by atoms with Crippen molar-refractivity contribution < 1.29 is 9.18 Å². The Morgan fingerprint density at radius 1 is 1.54 bits per heavy atom. The SMILES string of the molecule is Cc1cc(C(=O)CCCl)ccc1F. The molecular weight excluding hydrogens is 191 g/mol. The molecule has 0 saturated carbocycles. The maximum atomic E-state index is 12.8. The molecule has 0 aliphatic rings. The molecule has 1 nitrogen and oxygen atoms in total. The number of aryl methyl sites for hydroxylation is 1. The van der Waals surface area contributed by atoms with Crippen LogP contribution in [0.4, 0.5) is 4.39 Å². The summed E-state index contributed by atoms with van der Waals surface area (Å²) < 4.78 is 12.8. The summed E-state index contributed by atoms with van der Waals surface area (Å²) >= 11 is 5.42. The molecule has 0 aliphatic carbocycles. The largest absolute Gasteiger partial charge is 0.294 e. The van der Waals surface area contributed by atoms with Gasteiger partial charge in [0, 0.05) is 17.9 Å². The van der Waals surface area contributed by atoms with E-state index in [1.807, 2.05) is 0 Å². The molecule has 0 aromatic heterocycles. The van der Waals surface area contributed by atoms with Gasteiger partial charge >= 0.3 is 0 Å². The first-order valence-corrected chi connectivity index (χ1v) is 4.54. The number of benzene rings is 1. The van der Waals surface area contributed by atoms with Gasteiger partial charge in [0.15, 0.2) is 5.78 Å². The van der Waals surface area contributed by atoms with Gasteiger partial charge in [-0.15, -0.1) is 11.6 Å². The van der Waals surface area contributed by atoms with Gasteiger partial charge in [-0.3, -0.25) is 4.79 Å². The molecular formula is C10H10ClFO. The van der Waals surface area contributed by atoms with Crippen LogP contribution >= 0.6 is 11.6 Å². The summed E-state index contributed by atoms with van der Waals surface area (Å²) in [5, 5.41) is 0. The Morgan fingerprint density at radius 3 is 2.77 bits per heavy atom. The van der Waals surface area contributed by atoms with Gasteiger partial charge in [0.05, 0.1) is 0 Å². The summed E-state index contributed by atoms with van der Waals surface area (Å²) in [6.45, 7) is 1.63. The number of carbonyl (C=O) groups excluding carboxylic acids is 1. The number of ketones is 1. The highest BCUT2D eigenvalue weighted by Crippen LogP contribution is 2.11. The quantitative estimate of drug-likeness (QED) is 0.542. The summed E-state index contributed by atoms with van der Waals surface area (Å²) in [5.41, 5.74) is 1.01. The molecule has 0 radical (unpaired) electrons. The molecule has 1 aromatic carbocycles. The Morgan fingerprint density at radius 2 is 2.23 bits per heavy atom. The Hall–Kier alpha value is -0.890. The van der Waals surface area contributed by atoms with Crippen LogP contribution in [0.15, 0.2) is 18.2 Å². The van der Waals surface area contributed by atoms with E-state index in [9.17, 15) is 9.18 Å². The van der Waals surface area contributed by atoms with Crippen molar-refractivity contribution in [3.63, 3.8) is 0 Å². The highest BCUT2D eigenvalue weighted by molar-refractivity contribution is 6.19. The van der Waals surface area contributed by atoms with E-state index in [2.05, 4.69) is 0 Å². The first-order valence-electron chi connectivity index (χ1n) is 4.00. The third kappa shape index (κ3) is 2.52. The molecule has 0 spiro atoms. The Bertz CT molecular complexity index is 323. The van der Waals surface area contributed by atoms with Gasteiger partial charge < -0.3 is 0 Å². The fourth-order valence-corrected chi connectivity index (χ4v) is 1.22. The van der Waals surface area contributed by atoms with Crippen LogP contribution < -0.4 is 0 Å². The molecule has 0 saturated heterocycles. The molecule has 70 valence electrons. The van der Waals surface area contributed by atoms with E-state index in [1.165, 1.54) is 12.1 Å². The summed E-state index contributed by atoms with van der Waals surface area (Å²) in [5.74, 6) is -0.0320. The van der Waals surface area contributed by atoms with Crippen molar-refractivity contribution in [1.82, 2.24) is 0 Å². The highest BCUT2D eigenvalue weighted by atomic mass is 35.5. The molecule has 0 N–H and O–H groups in total. The van der Waals surface area contributed by atoms with Crippen LogP contribution in [-0.2, 0) is 0 Å². The molecule has 0 amide bonds. The standard InChI is InChI=1S/C10H10ClFO/c1-7-6-8(2-3-9(7)12)10(13)4-5-11/h2-3,6H,4-5H2,1H3. The van der Waals surface area contributed by atoms with Crippen LogP contribution in [0.2, 0.25) is 0 Å². The van der Waals surface area contributed by atoms with E-state index < -0.39 is 0 Å². The minimum atomic E-state index is -0.289. The second kappa shape index (κ2) is 4.38. The zero-order chi connectivity index (χ0) is 9.84. The Labute approximate surface area is 81.5 Å². The molecule has 3 heteroatoms. The Balaban J connectivity index is 2.90. The molecule has 0 unspecified atom stereocenters. The number of halogens is 2. The van der Waals surface area contributed by atoms with E-state index in [0.29, 0.717) is 23.4 Å². The predicted molar refractivity (Wildman–Crippen MR) is 50.8 cm³/mol. The molecule has 0 heterocycles.